The van der Waals surface area contributed by atoms with Crippen molar-refractivity contribution in [2.75, 3.05) is 7.11 Å². The summed E-state index contributed by atoms with van der Waals surface area (Å²) in [7, 11) is 1.54. The molecule has 0 aliphatic carbocycles. The Morgan fingerprint density at radius 3 is 2.09 bits per heavy atom. The Labute approximate surface area is 193 Å². The van der Waals surface area contributed by atoms with Gasteiger partial charge in [0.05, 0.1) is 17.7 Å². The van der Waals surface area contributed by atoms with E-state index in [1.165, 1.54) is 25.4 Å². The lowest BCUT2D eigenvalue weighted by atomic mass is 9.99. The molecule has 0 radical (unpaired) electrons. The van der Waals surface area contributed by atoms with Gasteiger partial charge in [-0.3, -0.25) is 4.98 Å². The van der Waals surface area contributed by atoms with E-state index >= 15 is 0 Å². The molecule has 4 nitrogen and oxygen atoms in total. The van der Waals surface area contributed by atoms with Gasteiger partial charge in [0.2, 0.25) is 45.9 Å². The zero-order valence-corrected chi connectivity index (χ0v) is 18.8. The number of hydrogen-bond acceptors (Lipinski definition) is 4. The van der Waals surface area contributed by atoms with Gasteiger partial charge in [-0.1, -0.05) is 6.07 Å². The molecule has 0 spiro atoms. The molecule has 34 heavy (non-hydrogen) atoms. The summed E-state index contributed by atoms with van der Waals surface area (Å²) >= 11 is -2.58. The predicted octanol–water partition coefficient (Wildman–Crippen LogP) is 6.32. The second-order valence-electron chi connectivity index (χ2n) is 7.40. The number of aromatic nitrogens is 1. The van der Waals surface area contributed by atoms with Crippen LogP contribution in [0.25, 0.3) is 22.0 Å². The highest BCUT2D eigenvalue weighted by Crippen LogP contribution is 2.36. The Hall–Kier alpha value is -3.53. The SMILES string of the molecule is COc1cc(C)c(C)cc1-c1nccc2cc(S(=O)Oc3c(F)c(F)c(F)c(F)c3F)ccc12. The maximum atomic E-state index is 13.9. The highest BCUT2D eigenvalue weighted by molar-refractivity contribution is 7.80. The van der Waals surface area contributed by atoms with Crippen LogP contribution in [0.2, 0.25) is 0 Å². The maximum absolute atomic E-state index is 13.9. The Kier molecular flexibility index (Phi) is 6.26. The molecule has 1 unspecified atom stereocenters. The van der Waals surface area contributed by atoms with Gasteiger partial charge in [0, 0.05) is 17.1 Å². The van der Waals surface area contributed by atoms with E-state index in [0.29, 0.717) is 22.2 Å². The molecule has 0 aliphatic heterocycles. The van der Waals surface area contributed by atoms with Crippen LogP contribution >= 0.6 is 0 Å². The predicted molar refractivity (Wildman–Crippen MR) is 116 cm³/mol. The van der Waals surface area contributed by atoms with Gasteiger partial charge in [0.15, 0.2) is 0 Å². The van der Waals surface area contributed by atoms with Crippen molar-refractivity contribution in [1.29, 1.82) is 0 Å². The number of rotatable bonds is 5. The zero-order valence-electron chi connectivity index (χ0n) is 18.0. The molecule has 3 aromatic carbocycles. The summed E-state index contributed by atoms with van der Waals surface area (Å²) in [4.78, 5) is 4.39. The number of pyridine rings is 1. The van der Waals surface area contributed by atoms with Gasteiger partial charge in [-0.2, -0.15) is 8.78 Å². The zero-order chi connectivity index (χ0) is 24.7. The standard InChI is InChI=1S/C24H16F5NO3S/c1-11-8-16(17(32-3)9-12(11)2)23-15-5-4-14(10-13(15)6-7-30-23)34(31)33-24-21(28)19(26)18(25)20(27)22(24)29/h4-10H,1-3H3. The number of ether oxygens (including phenoxy) is 1. The van der Waals surface area contributed by atoms with Crippen LogP contribution < -0.4 is 8.92 Å². The first kappa shape index (κ1) is 23.6. The Morgan fingerprint density at radius 1 is 0.824 bits per heavy atom. The van der Waals surface area contributed by atoms with Gasteiger partial charge in [0.1, 0.15) is 5.75 Å². The van der Waals surface area contributed by atoms with Crippen LogP contribution in [0, 0.1) is 42.9 Å². The van der Waals surface area contributed by atoms with Crippen molar-refractivity contribution in [3.63, 3.8) is 0 Å². The van der Waals surface area contributed by atoms with Gasteiger partial charge in [-0.25, -0.2) is 17.4 Å². The summed E-state index contributed by atoms with van der Waals surface area (Å²) in [5.74, 6) is -12.2. The Morgan fingerprint density at radius 2 is 1.44 bits per heavy atom. The average molecular weight is 493 g/mol. The first-order valence-corrected chi connectivity index (χ1v) is 10.9. The minimum absolute atomic E-state index is 0.0550. The van der Waals surface area contributed by atoms with E-state index in [4.69, 9.17) is 4.74 Å². The third-order valence-corrected chi connectivity index (χ3v) is 6.28. The van der Waals surface area contributed by atoms with Gasteiger partial charge in [-0.15, -0.1) is 0 Å². The number of methoxy groups -OCH3 is 1. The highest BCUT2D eigenvalue weighted by atomic mass is 32.2. The molecule has 0 saturated heterocycles. The largest absolute Gasteiger partial charge is 0.496 e. The van der Waals surface area contributed by atoms with E-state index in [9.17, 15) is 26.2 Å². The molecular weight excluding hydrogens is 477 g/mol. The third-order valence-electron chi connectivity index (χ3n) is 5.33. The second-order valence-corrected chi connectivity index (χ2v) is 8.50. The quantitative estimate of drug-likeness (QED) is 0.185. The fraction of sp³-hybridized carbons (Fsp3) is 0.125. The Bertz CT molecular complexity index is 1450. The van der Waals surface area contributed by atoms with Crippen molar-refractivity contribution in [3.05, 3.63) is 82.8 Å². The van der Waals surface area contributed by atoms with Crippen molar-refractivity contribution >= 4 is 21.9 Å². The van der Waals surface area contributed by atoms with Gasteiger partial charge in [0.25, 0.3) is 0 Å². The average Bonchev–Trinajstić information content (AvgIpc) is 2.84. The molecule has 0 N–H and O–H groups in total. The van der Waals surface area contributed by atoms with E-state index in [2.05, 4.69) is 9.17 Å². The van der Waals surface area contributed by atoms with Crippen LogP contribution in [0.4, 0.5) is 22.0 Å². The summed E-state index contributed by atoms with van der Waals surface area (Å²) in [6, 6.07) is 9.76. The fourth-order valence-corrected chi connectivity index (χ4v) is 4.20. The van der Waals surface area contributed by atoms with Gasteiger partial charge >= 0.3 is 0 Å². The number of halogens is 5. The Balaban J connectivity index is 1.76. The number of benzene rings is 3. The lowest BCUT2D eigenvalue weighted by Crippen LogP contribution is -2.09. The number of aryl methyl sites for hydroxylation is 2. The van der Waals surface area contributed by atoms with Crippen molar-refractivity contribution in [2.24, 2.45) is 0 Å². The molecule has 0 aliphatic rings. The van der Waals surface area contributed by atoms with Crippen LogP contribution in [0.1, 0.15) is 11.1 Å². The number of fused-ring (bicyclic) bond motifs is 1. The molecule has 0 saturated carbocycles. The van der Waals surface area contributed by atoms with E-state index in [0.717, 1.165) is 16.7 Å². The van der Waals surface area contributed by atoms with Crippen LogP contribution in [-0.2, 0) is 11.1 Å². The first-order valence-electron chi connectivity index (χ1n) is 9.80. The highest BCUT2D eigenvalue weighted by Gasteiger charge is 2.29. The van der Waals surface area contributed by atoms with E-state index in [-0.39, 0.29) is 4.90 Å². The third kappa shape index (κ3) is 3.98. The molecule has 1 atom stereocenters. The second kappa shape index (κ2) is 9.02. The molecule has 1 aromatic heterocycles. The summed E-state index contributed by atoms with van der Waals surface area (Å²) in [6.07, 6.45) is 1.52. The number of nitrogens with zero attached hydrogens (tertiary/aromatic N) is 1. The van der Waals surface area contributed by atoms with Crippen LogP contribution in [0.5, 0.6) is 11.5 Å². The first-order chi connectivity index (χ1) is 16.1. The van der Waals surface area contributed by atoms with Crippen LogP contribution in [0.15, 0.2) is 47.5 Å². The molecule has 0 bridgehead atoms. The molecule has 4 rings (SSSR count). The molecule has 0 fully saturated rings. The monoisotopic (exact) mass is 493 g/mol. The summed E-state index contributed by atoms with van der Waals surface area (Å²) < 4.78 is 90.6. The van der Waals surface area contributed by atoms with Gasteiger partial charge in [-0.05, 0) is 60.7 Å². The molecule has 0 amide bonds. The van der Waals surface area contributed by atoms with E-state index < -0.39 is 45.9 Å². The van der Waals surface area contributed by atoms with Crippen molar-refractivity contribution in [1.82, 2.24) is 4.98 Å². The summed E-state index contributed by atoms with van der Waals surface area (Å²) in [5.41, 5.74) is 3.35. The lowest BCUT2D eigenvalue weighted by Gasteiger charge is -2.14. The molecule has 176 valence electrons. The van der Waals surface area contributed by atoms with E-state index in [1.54, 1.807) is 12.1 Å². The molecule has 4 aromatic rings. The van der Waals surface area contributed by atoms with Gasteiger partial charge < -0.3 is 8.92 Å². The topological polar surface area (TPSA) is 48.4 Å². The van der Waals surface area contributed by atoms with Crippen molar-refractivity contribution in [3.8, 4) is 22.8 Å². The summed E-state index contributed by atoms with van der Waals surface area (Å²) in [5, 5.41) is 1.21. The smallest absolute Gasteiger partial charge is 0.240 e. The summed E-state index contributed by atoms with van der Waals surface area (Å²) in [6.45, 7) is 3.89. The van der Waals surface area contributed by atoms with E-state index in [1.807, 2.05) is 26.0 Å². The normalized spacial score (nSPS) is 12.1. The minimum atomic E-state index is -2.58. The van der Waals surface area contributed by atoms with Crippen LogP contribution in [-0.4, -0.2) is 16.3 Å². The van der Waals surface area contributed by atoms with Crippen molar-refractivity contribution < 1.29 is 35.1 Å². The van der Waals surface area contributed by atoms with Crippen LogP contribution in [0.3, 0.4) is 0 Å². The number of hydrogen-bond donors (Lipinski definition) is 0. The molecule has 10 heteroatoms. The minimum Gasteiger partial charge on any atom is -0.496 e. The fourth-order valence-electron chi connectivity index (χ4n) is 3.40. The molecular formula is C24H16F5NO3S. The lowest BCUT2D eigenvalue weighted by molar-refractivity contribution is 0.352. The maximum Gasteiger partial charge on any atom is 0.240 e. The van der Waals surface area contributed by atoms with Crippen molar-refractivity contribution in [2.45, 2.75) is 18.7 Å². The molecule has 1 heterocycles.